The lowest BCUT2D eigenvalue weighted by molar-refractivity contribution is 0.112. The molecule has 0 unspecified atom stereocenters. The van der Waals surface area contributed by atoms with E-state index in [0.29, 0.717) is 48.9 Å². The third-order valence-electron chi connectivity index (χ3n) is 4.24. The minimum atomic E-state index is -0.347. The van der Waals surface area contributed by atoms with Gasteiger partial charge in [-0.2, -0.15) is 5.10 Å². The second kappa shape index (κ2) is 12.2. The summed E-state index contributed by atoms with van der Waals surface area (Å²) in [6.07, 6.45) is 2.30. The molecule has 0 bridgehead atoms. The highest BCUT2D eigenvalue weighted by molar-refractivity contribution is 6.42. The van der Waals surface area contributed by atoms with Crippen LogP contribution in [0.1, 0.15) is 10.4 Å². The first kappa shape index (κ1) is 26.9. The van der Waals surface area contributed by atoms with E-state index >= 15 is 0 Å². The maximum absolute atomic E-state index is 13.0. The molecule has 0 atom stereocenters. The fourth-order valence-electron chi connectivity index (χ4n) is 2.65. The highest BCUT2D eigenvalue weighted by Gasteiger charge is 2.12. The molecule has 0 aliphatic heterocycles. The Morgan fingerprint density at radius 3 is 2.03 bits per heavy atom. The van der Waals surface area contributed by atoms with Gasteiger partial charge in [-0.1, -0.05) is 46.4 Å². The summed E-state index contributed by atoms with van der Waals surface area (Å²) in [6, 6.07) is 15.9. The lowest BCUT2D eigenvalue weighted by Crippen LogP contribution is -2.06. The molecule has 5 nitrogen and oxygen atoms in total. The van der Waals surface area contributed by atoms with E-state index in [1.54, 1.807) is 54.7 Å². The average molecular weight is 549 g/mol. The first-order valence-corrected chi connectivity index (χ1v) is 10.5. The van der Waals surface area contributed by atoms with Crippen molar-refractivity contribution in [2.75, 3.05) is 5.43 Å². The van der Waals surface area contributed by atoms with Gasteiger partial charge in [0.2, 0.25) is 0 Å². The number of nitrogen functional groups attached to an aromatic ring is 1. The Kier molecular flexibility index (Phi) is 9.98. The number of nitrogens with zero attached hydrogens (tertiary/aromatic N) is 2. The van der Waals surface area contributed by atoms with Crippen molar-refractivity contribution in [2.45, 2.75) is 0 Å². The molecule has 1 heterocycles. The first-order valence-electron chi connectivity index (χ1n) is 9.00. The zero-order chi connectivity index (χ0) is 23.3. The van der Waals surface area contributed by atoms with E-state index in [1.807, 2.05) is 0 Å². The molecular formula is C22H16Cl5FN4O. The van der Waals surface area contributed by atoms with Gasteiger partial charge in [-0.15, -0.1) is 12.4 Å². The third-order valence-corrected chi connectivity index (χ3v) is 5.72. The zero-order valence-corrected chi connectivity index (χ0v) is 20.4. The van der Waals surface area contributed by atoms with Crippen LogP contribution in [0.4, 0.5) is 10.1 Å². The first-order chi connectivity index (χ1) is 15.3. The lowest BCUT2D eigenvalue weighted by Gasteiger charge is -2.03. The van der Waals surface area contributed by atoms with E-state index in [4.69, 9.17) is 52.2 Å². The van der Waals surface area contributed by atoms with E-state index in [9.17, 15) is 9.18 Å². The maximum atomic E-state index is 13.0. The number of hydrogen-bond donors (Lipinski definition) is 2. The second-order valence-electron chi connectivity index (χ2n) is 6.37. The molecule has 0 fully saturated rings. The van der Waals surface area contributed by atoms with Crippen LogP contribution in [-0.4, -0.2) is 16.1 Å². The number of hydrogen-bond acceptors (Lipinski definition) is 4. The summed E-state index contributed by atoms with van der Waals surface area (Å²) < 4.78 is 14.5. The monoisotopic (exact) mass is 546 g/mol. The number of hydrazine groups is 1. The van der Waals surface area contributed by atoms with Crippen LogP contribution < -0.4 is 11.3 Å². The van der Waals surface area contributed by atoms with Crippen molar-refractivity contribution in [2.24, 2.45) is 5.84 Å². The Labute approximate surface area is 215 Å². The minimum absolute atomic E-state index is 0. The second-order valence-corrected chi connectivity index (χ2v) is 8.00. The molecule has 0 amide bonds. The maximum Gasteiger partial charge on any atom is 0.153 e. The summed E-state index contributed by atoms with van der Waals surface area (Å²) in [6.45, 7) is 0. The largest absolute Gasteiger partial charge is 0.324 e. The normalized spacial score (nSPS) is 10.0. The molecule has 3 N–H and O–H groups in total. The van der Waals surface area contributed by atoms with Gasteiger partial charge in [-0.05, 0) is 60.7 Å². The number of carbonyl (C=O) groups is 1. The Morgan fingerprint density at radius 1 is 0.879 bits per heavy atom. The van der Waals surface area contributed by atoms with Crippen LogP contribution in [-0.2, 0) is 0 Å². The summed E-state index contributed by atoms with van der Waals surface area (Å²) >= 11 is 23.2. The Hall–Kier alpha value is -2.32. The molecule has 0 spiro atoms. The summed E-state index contributed by atoms with van der Waals surface area (Å²) in [5.41, 5.74) is 5.40. The molecule has 33 heavy (non-hydrogen) atoms. The molecule has 3 aromatic carbocycles. The van der Waals surface area contributed by atoms with Crippen LogP contribution in [0.3, 0.4) is 0 Å². The van der Waals surface area contributed by atoms with Crippen LogP contribution in [0.2, 0.25) is 20.1 Å². The zero-order valence-electron chi connectivity index (χ0n) is 16.6. The summed E-state index contributed by atoms with van der Waals surface area (Å²) in [5, 5.41) is 6.24. The van der Waals surface area contributed by atoms with Crippen molar-refractivity contribution in [3.8, 4) is 16.9 Å². The summed E-state index contributed by atoms with van der Waals surface area (Å²) in [7, 11) is 0. The average Bonchev–Trinajstić information content (AvgIpc) is 3.23. The summed E-state index contributed by atoms with van der Waals surface area (Å²) in [5.74, 6) is 4.77. The smallest absolute Gasteiger partial charge is 0.153 e. The van der Waals surface area contributed by atoms with Gasteiger partial charge >= 0.3 is 0 Å². The highest BCUT2D eigenvalue weighted by Crippen LogP contribution is 2.27. The number of rotatable bonds is 4. The van der Waals surface area contributed by atoms with Gasteiger partial charge in [0.15, 0.2) is 6.29 Å². The van der Waals surface area contributed by atoms with Gasteiger partial charge in [0.1, 0.15) is 11.5 Å². The Morgan fingerprint density at radius 2 is 1.48 bits per heavy atom. The molecule has 172 valence electrons. The molecule has 1 aromatic heterocycles. The molecule has 0 radical (unpaired) electrons. The van der Waals surface area contributed by atoms with Crippen LogP contribution in [0.5, 0.6) is 0 Å². The van der Waals surface area contributed by atoms with Crippen molar-refractivity contribution in [1.29, 1.82) is 0 Å². The summed E-state index contributed by atoms with van der Waals surface area (Å²) in [4.78, 5) is 11.3. The van der Waals surface area contributed by atoms with Gasteiger partial charge in [0.05, 0.1) is 37.0 Å². The van der Waals surface area contributed by atoms with Crippen LogP contribution in [0.25, 0.3) is 16.9 Å². The number of benzene rings is 3. The molecule has 11 heteroatoms. The topological polar surface area (TPSA) is 72.9 Å². The number of anilines is 1. The molecule has 0 saturated heterocycles. The van der Waals surface area contributed by atoms with E-state index in [2.05, 4.69) is 10.5 Å². The third kappa shape index (κ3) is 6.84. The molecular weight excluding hydrogens is 533 g/mol. The number of aromatic nitrogens is 2. The lowest BCUT2D eigenvalue weighted by atomic mass is 10.1. The van der Waals surface area contributed by atoms with E-state index < -0.39 is 0 Å². The molecule has 4 aromatic rings. The predicted octanol–water partition coefficient (Wildman–Crippen LogP) is 7.50. The molecule has 4 rings (SSSR count). The number of nitrogens with two attached hydrogens (primary N) is 1. The number of aldehydes is 1. The van der Waals surface area contributed by atoms with Gasteiger partial charge in [0.25, 0.3) is 0 Å². The van der Waals surface area contributed by atoms with E-state index in [-0.39, 0.29) is 18.2 Å². The van der Waals surface area contributed by atoms with Gasteiger partial charge < -0.3 is 5.43 Å². The Bertz CT molecular complexity index is 1250. The SMILES string of the molecule is Cl.NNc1ccc(Cl)c(Cl)c1.O=Cc1cn(-c2ccc(Cl)c(Cl)c2)nc1-c1ccc(F)cc1. The fraction of sp³-hybridized carbons (Fsp3) is 0. The number of carbonyl (C=O) groups excluding carboxylic acids is 1. The fourth-order valence-corrected chi connectivity index (χ4v) is 3.24. The van der Waals surface area contributed by atoms with Crippen LogP contribution in [0, 0.1) is 5.82 Å². The van der Waals surface area contributed by atoms with Gasteiger partial charge in [-0.25, -0.2) is 9.07 Å². The Balaban J connectivity index is 0.000000297. The molecule has 0 aliphatic carbocycles. The quantitative estimate of drug-likeness (QED) is 0.157. The standard InChI is InChI=1S/C16H9Cl2FN2O.C6H6Cl2N2.ClH/c17-14-6-5-13(7-15(14)18)21-8-11(9-22)16(20-21)10-1-3-12(19)4-2-10;7-5-2-1-4(10-9)3-6(5)8;/h1-9H;1-3,10H,9H2;1H. The number of halogens is 6. The minimum Gasteiger partial charge on any atom is -0.324 e. The predicted molar refractivity (Wildman–Crippen MR) is 136 cm³/mol. The van der Waals surface area contributed by atoms with Crippen LogP contribution in [0.15, 0.2) is 66.9 Å². The number of nitrogens with one attached hydrogen (secondary N) is 1. The van der Waals surface area contributed by atoms with E-state index in [1.165, 1.54) is 16.8 Å². The van der Waals surface area contributed by atoms with Gasteiger partial charge in [0, 0.05) is 11.8 Å². The molecule has 0 aliphatic rings. The highest BCUT2D eigenvalue weighted by atomic mass is 35.5. The van der Waals surface area contributed by atoms with E-state index in [0.717, 1.165) is 5.69 Å². The molecule has 0 saturated carbocycles. The van der Waals surface area contributed by atoms with Crippen molar-refractivity contribution in [3.63, 3.8) is 0 Å². The van der Waals surface area contributed by atoms with Crippen molar-refractivity contribution >= 4 is 70.8 Å². The van der Waals surface area contributed by atoms with Crippen molar-refractivity contribution in [3.05, 3.63) is 98.3 Å². The van der Waals surface area contributed by atoms with Gasteiger partial charge in [-0.3, -0.25) is 10.6 Å². The van der Waals surface area contributed by atoms with Crippen molar-refractivity contribution in [1.82, 2.24) is 9.78 Å². The van der Waals surface area contributed by atoms with Crippen molar-refractivity contribution < 1.29 is 9.18 Å². The van der Waals surface area contributed by atoms with Crippen LogP contribution >= 0.6 is 58.8 Å².